The van der Waals surface area contributed by atoms with Gasteiger partial charge in [0.25, 0.3) is 0 Å². The summed E-state index contributed by atoms with van der Waals surface area (Å²) in [5.41, 5.74) is 0. The van der Waals surface area contributed by atoms with Crippen molar-refractivity contribution >= 4 is 0 Å². The summed E-state index contributed by atoms with van der Waals surface area (Å²) in [6.45, 7) is 6.14. The van der Waals surface area contributed by atoms with Gasteiger partial charge in [-0.05, 0) is 33.2 Å². The van der Waals surface area contributed by atoms with E-state index in [1.807, 2.05) is 0 Å². The van der Waals surface area contributed by atoms with Crippen molar-refractivity contribution in [2.45, 2.75) is 58.6 Å². The summed E-state index contributed by atoms with van der Waals surface area (Å²) in [4.78, 5) is 2.24. The molecular formula is C13H28NO2. The predicted molar refractivity (Wildman–Crippen MR) is 67.0 cm³/mol. The molecule has 0 spiro atoms. The molecule has 3 heteroatoms. The maximum absolute atomic E-state index is 10.2. The van der Waals surface area contributed by atoms with E-state index in [0.29, 0.717) is 6.61 Å². The molecule has 0 aromatic rings. The molecule has 0 fully saturated rings. The van der Waals surface area contributed by atoms with Gasteiger partial charge < -0.3 is 4.74 Å². The fourth-order valence-electron chi connectivity index (χ4n) is 1.56. The molecule has 0 saturated carbocycles. The van der Waals surface area contributed by atoms with Crippen LogP contribution >= 0.6 is 0 Å². The second kappa shape index (κ2) is 11.4. The lowest BCUT2D eigenvalue weighted by Crippen LogP contribution is -2.32. The van der Waals surface area contributed by atoms with Crippen molar-refractivity contribution < 1.29 is 9.84 Å². The number of hydrogen-bond acceptors (Lipinski definition) is 2. The van der Waals surface area contributed by atoms with Crippen LogP contribution in [-0.4, -0.2) is 37.9 Å². The van der Waals surface area contributed by atoms with Gasteiger partial charge in [0.2, 0.25) is 0 Å². The number of hydrogen-bond donors (Lipinski definition) is 0. The third-order valence-electron chi connectivity index (χ3n) is 2.88. The number of rotatable bonds is 11. The minimum Gasteiger partial charge on any atom is -0.363 e. The Morgan fingerprint density at radius 3 is 2.50 bits per heavy atom. The van der Waals surface area contributed by atoms with Gasteiger partial charge in [-0.3, -0.25) is 4.90 Å². The van der Waals surface area contributed by atoms with Crippen LogP contribution in [0.3, 0.4) is 0 Å². The maximum atomic E-state index is 10.2. The third-order valence-corrected chi connectivity index (χ3v) is 2.88. The molecule has 3 nitrogen and oxygen atoms in total. The summed E-state index contributed by atoms with van der Waals surface area (Å²) in [7, 11) is 2.10. The Morgan fingerprint density at radius 1 is 1.12 bits per heavy atom. The summed E-state index contributed by atoms with van der Waals surface area (Å²) in [5.74, 6) is 0. The fraction of sp³-hybridized carbons (Fsp3) is 1.00. The van der Waals surface area contributed by atoms with Gasteiger partial charge in [0.15, 0.2) is 0 Å². The van der Waals surface area contributed by atoms with E-state index in [0.717, 1.165) is 19.4 Å². The Hall–Kier alpha value is -0.120. The Morgan fingerprint density at radius 2 is 1.88 bits per heavy atom. The fourth-order valence-corrected chi connectivity index (χ4v) is 1.56. The highest BCUT2D eigenvalue weighted by Gasteiger charge is 2.08. The molecule has 0 amide bonds. The smallest absolute Gasteiger partial charge is 0.107 e. The second-order valence-electron chi connectivity index (χ2n) is 4.42. The monoisotopic (exact) mass is 230 g/mol. The molecule has 0 N–H and O–H groups in total. The minimum atomic E-state index is 0.0185. The van der Waals surface area contributed by atoms with Gasteiger partial charge in [-0.25, -0.2) is 5.11 Å². The van der Waals surface area contributed by atoms with Gasteiger partial charge in [0, 0.05) is 13.2 Å². The van der Waals surface area contributed by atoms with E-state index in [1.165, 1.54) is 25.7 Å². The van der Waals surface area contributed by atoms with Crippen molar-refractivity contribution in [3.05, 3.63) is 0 Å². The largest absolute Gasteiger partial charge is 0.363 e. The zero-order chi connectivity index (χ0) is 12.2. The van der Waals surface area contributed by atoms with Crippen LogP contribution in [0.4, 0.5) is 0 Å². The van der Waals surface area contributed by atoms with Crippen LogP contribution in [0.2, 0.25) is 0 Å². The number of nitrogens with zero attached hydrogens (tertiary/aromatic N) is 1. The molecule has 0 saturated heterocycles. The van der Waals surface area contributed by atoms with Crippen molar-refractivity contribution in [2.24, 2.45) is 0 Å². The van der Waals surface area contributed by atoms with E-state index < -0.39 is 0 Å². The maximum Gasteiger partial charge on any atom is 0.107 e. The van der Waals surface area contributed by atoms with Crippen LogP contribution in [0.1, 0.15) is 52.4 Å². The lowest BCUT2D eigenvalue weighted by Gasteiger charge is -2.24. The van der Waals surface area contributed by atoms with E-state index in [4.69, 9.17) is 4.74 Å². The van der Waals surface area contributed by atoms with Crippen LogP contribution < -0.4 is 0 Å². The SMILES string of the molecule is CCCCCCN(C)C(C)OCCCC[O]. The van der Waals surface area contributed by atoms with Gasteiger partial charge in [0.05, 0.1) is 6.61 Å². The van der Waals surface area contributed by atoms with Crippen LogP contribution in [0.5, 0.6) is 0 Å². The van der Waals surface area contributed by atoms with Crippen molar-refractivity contribution in [3.63, 3.8) is 0 Å². The molecule has 0 aliphatic heterocycles. The van der Waals surface area contributed by atoms with E-state index >= 15 is 0 Å². The Bertz CT molecular complexity index is 126. The van der Waals surface area contributed by atoms with Crippen LogP contribution in [0.25, 0.3) is 0 Å². The molecule has 1 atom stereocenters. The first-order valence-corrected chi connectivity index (χ1v) is 6.62. The molecule has 0 bridgehead atoms. The molecule has 0 aromatic carbocycles. The Kier molecular flexibility index (Phi) is 11.3. The Balaban J connectivity index is 3.38. The highest BCUT2D eigenvalue weighted by atomic mass is 16.5. The summed E-state index contributed by atoms with van der Waals surface area (Å²) in [5, 5.41) is 10.2. The molecule has 16 heavy (non-hydrogen) atoms. The quantitative estimate of drug-likeness (QED) is 0.403. The highest BCUT2D eigenvalue weighted by molar-refractivity contribution is 4.54. The number of unbranched alkanes of at least 4 members (excludes halogenated alkanes) is 4. The van der Waals surface area contributed by atoms with Gasteiger partial charge in [0.1, 0.15) is 6.23 Å². The molecule has 97 valence electrons. The van der Waals surface area contributed by atoms with Crippen LogP contribution in [-0.2, 0) is 9.84 Å². The molecule has 0 aromatic heterocycles. The first-order chi connectivity index (χ1) is 7.72. The molecule has 0 aliphatic carbocycles. The summed E-state index contributed by atoms with van der Waals surface area (Å²) < 4.78 is 5.65. The van der Waals surface area contributed by atoms with E-state index in [9.17, 15) is 5.11 Å². The first kappa shape index (κ1) is 15.9. The van der Waals surface area contributed by atoms with Crippen molar-refractivity contribution in [1.82, 2.24) is 4.90 Å². The van der Waals surface area contributed by atoms with Gasteiger partial charge >= 0.3 is 0 Å². The van der Waals surface area contributed by atoms with Crippen molar-refractivity contribution in [3.8, 4) is 0 Å². The van der Waals surface area contributed by atoms with Gasteiger partial charge in [-0.2, -0.15) is 0 Å². The van der Waals surface area contributed by atoms with Crippen molar-refractivity contribution in [1.29, 1.82) is 0 Å². The molecule has 1 unspecified atom stereocenters. The second-order valence-corrected chi connectivity index (χ2v) is 4.42. The summed E-state index contributed by atoms with van der Waals surface area (Å²) in [6, 6.07) is 0. The first-order valence-electron chi connectivity index (χ1n) is 6.62. The summed E-state index contributed by atoms with van der Waals surface area (Å²) in [6.07, 6.45) is 6.96. The van der Waals surface area contributed by atoms with E-state index in [1.54, 1.807) is 0 Å². The molecule has 0 rings (SSSR count). The Labute approximate surface area is 101 Å². The van der Waals surface area contributed by atoms with Crippen molar-refractivity contribution in [2.75, 3.05) is 26.8 Å². The topological polar surface area (TPSA) is 32.4 Å². The zero-order valence-electron chi connectivity index (χ0n) is 11.2. The minimum absolute atomic E-state index is 0.0185. The van der Waals surface area contributed by atoms with Crippen LogP contribution in [0, 0.1) is 0 Å². The standard InChI is InChI=1S/C13H28NO2/c1-4-5-6-7-10-14(3)13(2)16-12-9-8-11-15/h13H,4-12H2,1-3H3. The average molecular weight is 230 g/mol. The lowest BCUT2D eigenvalue weighted by atomic mass is 10.2. The molecule has 1 radical (unpaired) electrons. The number of ether oxygens (including phenoxy) is 1. The molecular weight excluding hydrogens is 202 g/mol. The highest BCUT2D eigenvalue weighted by Crippen LogP contribution is 2.04. The molecule has 0 aliphatic rings. The third kappa shape index (κ3) is 9.13. The van der Waals surface area contributed by atoms with E-state index in [2.05, 4.69) is 25.8 Å². The zero-order valence-corrected chi connectivity index (χ0v) is 11.2. The lowest BCUT2D eigenvalue weighted by molar-refractivity contribution is -0.0377. The average Bonchev–Trinajstić information content (AvgIpc) is 2.29. The normalized spacial score (nSPS) is 13.3. The van der Waals surface area contributed by atoms with Crippen LogP contribution in [0.15, 0.2) is 0 Å². The van der Waals surface area contributed by atoms with Gasteiger partial charge in [-0.1, -0.05) is 26.2 Å². The van der Waals surface area contributed by atoms with Gasteiger partial charge in [-0.15, -0.1) is 0 Å². The van der Waals surface area contributed by atoms with E-state index in [-0.39, 0.29) is 12.8 Å². The molecule has 0 heterocycles. The summed E-state index contributed by atoms with van der Waals surface area (Å²) >= 11 is 0. The predicted octanol–water partition coefficient (Wildman–Crippen LogP) is 3.07.